The van der Waals surface area contributed by atoms with Crippen LogP contribution >= 0.6 is 22.9 Å². The zero-order valence-corrected chi connectivity index (χ0v) is 19.9. The summed E-state index contributed by atoms with van der Waals surface area (Å²) in [6, 6.07) is 12.2. The predicted octanol–water partition coefficient (Wildman–Crippen LogP) is 4.73. The van der Waals surface area contributed by atoms with E-state index in [0.29, 0.717) is 36.2 Å². The van der Waals surface area contributed by atoms with E-state index in [1.165, 1.54) is 9.78 Å². The highest BCUT2D eigenvalue weighted by Gasteiger charge is 2.33. The zero-order valence-electron chi connectivity index (χ0n) is 18.3. The topological polar surface area (TPSA) is 75.0 Å². The van der Waals surface area contributed by atoms with Crippen LogP contribution in [0.25, 0.3) is 0 Å². The summed E-state index contributed by atoms with van der Waals surface area (Å²) in [7, 11) is 0. The van der Waals surface area contributed by atoms with E-state index in [4.69, 9.17) is 20.8 Å². The Morgan fingerprint density at radius 3 is 2.82 bits per heavy atom. The number of urea groups is 1. The molecule has 2 aromatic heterocycles. The molecule has 1 aliphatic rings. The van der Waals surface area contributed by atoms with Gasteiger partial charge in [-0.05, 0) is 66.8 Å². The van der Waals surface area contributed by atoms with Gasteiger partial charge in [-0.25, -0.2) is 4.79 Å². The monoisotopic (exact) mass is 487 g/mol. The first-order valence-electron chi connectivity index (χ1n) is 10.8. The van der Waals surface area contributed by atoms with Crippen LogP contribution in [0.2, 0.25) is 5.02 Å². The molecule has 1 atom stereocenters. The molecule has 9 heteroatoms. The van der Waals surface area contributed by atoms with Crippen LogP contribution in [0.15, 0.2) is 58.5 Å². The number of halogens is 1. The number of benzene rings is 1. The van der Waals surface area contributed by atoms with Crippen molar-refractivity contribution in [3.05, 3.63) is 75.3 Å². The number of nitrogens with one attached hydrogen (secondary N) is 1. The maximum Gasteiger partial charge on any atom is 0.318 e. The zero-order chi connectivity index (χ0) is 23.2. The van der Waals surface area contributed by atoms with Gasteiger partial charge in [-0.2, -0.15) is 0 Å². The van der Waals surface area contributed by atoms with Gasteiger partial charge in [-0.3, -0.25) is 4.79 Å². The standard InChI is InChI=1S/C24H26ClN3O4S/c1-2-26-24(30)27(14-19-4-3-12-31-19)15-23(29)28-11-9-22-20(10-13-33-22)21(28)16-32-18-7-5-17(25)6-8-18/h3-8,10,12-13,21H,2,9,11,14-16H2,1H3,(H,26,30). The largest absolute Gasteiger partial charge is 0.491 e. The number of furan rings is 1. The summed E-state index contributed by atoms with van der Waals surface area (Å²) in [4.78, 5) is 30.6. The molecule has 0 spiro atoms. The average Bonchev–Trinajstić information content (AvgIpc) is 3.50. The molecule has 3 heterocycles. The fraction of sp³-hybridized carbons (Fsp3) is 0.333. The third-order valence-electron chi connectivity index (χ3n) is 5.50. The molecule has 1 N–H and O–H groups in total. The number of carbonyl (C=O) groups excluding carboxylic acids is 2. The maximum atomic E-state index is 13.4. The Labute approximate surface area is 201 Å². The van der Waals surface area contributed by atoms with Crippen LogP contribution in [0.1, 0.15) is 29.2 Å². The highest BCUT2D eigenvalue weighted by atomic mass is 35.5. The second kappa shape index (κ2) is 10.8. The summed E-state index contributed by atoms with van der Waals surface area (Å²) in [6.07, 6.45) is 2.34. The van der Waals surface area contributed by atoms with E-state index in [9.17, 15) is 9.59 Å². The minimum atomic E-state index is -0.301. The molecule has 33 heavy (non-hydrogen) atoms. The fourth-order valence-electron chi connectivity index (χ4n) is 3.89. The summed E-state index contributed by atoms with van der Waals surface area (Å²) in [6.45, 7) is 3.37. The molecule has 3 amide bonds. The molecule has 4 rings (SSSR count). The van der Waals surface area contributed by atoms with Gasteiger partial charge in [0.2, 0.25) is 5.91 Å². The van der Waals surface area contributed by atoms with Crippen molar-refractivity contribution in [2.45, 2.75) is 25.9 Å². The van der Waals surface area contributed by atoms with Crippen molar-refractivity contribution in [1.82, 2.24) is 15.1 Å². The van der Waals surface area contributed by atoms with E-state index in [1.807, 2.05) is 29.3 Å². The summed E-state index contributed by atoms with van der Waals surface area (Å²) in [5, 5.41) is 5.47. The Hall–Kier alpha value is -2.97. The highest BCUT2D eigenvalue weighted by Crippen LogP contribution is 2.34. The number of hydrogen-bond donors (Lipinski definition) is 1. The van der Waals surface area contributed by atoms with Crippen molar-refractivity contribution in [2.24, 2.45) is 0 Å². The first kappa shape index (κ1) is 23.2. The molecule has 0 radical (unpaired) electrons. The normalized spacial score (nSPS) is 15.1. The third-order valence-corrected chi connectivity index (χ3v) is 6.75. The number of nitrogens with zero attached hydrogens (tertiary/aromatic N) is 2. The lowest BCUT2D eigenvalue weighted by molar-refractivity contribution is -0.135. The van der Waals surface area contributed by atoms with Crippen LogP contribution in [-0.2, 0) is 17.8 Å². The van der Waals surface area contributed by atoms with Gasteiger partial charge in [0.25, 0.3) is 0 Å². The second-order valence-electron chi connectivity index (χ2n) is 7.69. The van der Waals surface area contributed by atoms with Crippen molar-refractivity contribution in [2.75, 3.05) is 26.2 Å². The van der Waals surface area contributed by atoms with Crippen molar-refractivity contribution in [3.63, 3.8) is 0 Å². The lowest BCUT2D eigenvalue weighted by Crippen LogP contribution is -2.49. The molecule has 1 unspecified atom stereocenters. The van der Waals surface area contributed by atoms with Gasteiger partial charge < -0.3 is 24.3 Å². The van der Waals surface area contributed by atoms with E-state index in [-0.39, 0.29) is 31.1 Å². The quantitative estimate of drug-likeness (QED) is 0.498. The third kappa shape index (κ3) is 5.69. The Bertz CT molecular complexity index is 1070. The molecule has 0 bridgehead atoms. The average molecular weight is 488 g/mol. The number of thiophene rings is 1. The fourth-order valence-corrected chi connectivity index (χ4v) is 4.94. The molecule has 0 aliphatic carbocycles. The number of fused-ring (bicyclic) bond motifs is 1. The van der Waals surface area contributed by atoms with Crippen LogP contribution in [0.3, 0.4) is 0 Å². The van der Waals surface area contributed by atoms with E-state index < -0.39 is 0 Å². The highest BCUT2D eigenvalue weighted by molar-refractivity contribution is 7.10. The number of rotatable bonds is 8. The van der Waals surface area contributed by atoms with Crippen molar-refractivity contribution < 1.29 is 18.7 Å². The smallest absolute Gasteiger partial charge is 0.318 e. The molecule has 1 aliphatic heterocycles. The summed E-state index contributed by atoms with van der Waals surface area (Å²) >= 11 is 7.67. The molecular formula is C24H26ClN3O4S. The van der Waals surface area contributed by atoms with Gasteiger partial charge >= 0.3 is 6.03 Å². The van der Waals surface area contributed by atoms with Crippen molar-refractivity contribution in [3.8, 4) is 5.75 Å². The van der Waals surface area contributed by atoms with Crippen molar-refractivity contribution >= 4 is 34.9 Å². The molecule has 0 fully saturated rings. The Morgan fingerprint density at radius 1 is 1.27 bits per heavy atom. The molecule has 1 aromatic carbocycles. The first-order valence-corrected chi connectivity index (χ1v) is 12.1. The van der Waals surface area contributed by atoms with Crippen LogP contribution in [0.4, 0.5) is 4.79 Å². The van der Waals surface area contributed by atoms with E-state index in [1.54, 1.807) is 41.9 Å². The van der Waals surface area contributed by atoms with E-state index >= 15 is 0 Å². The number of carbonyl (C=O) groups is 2. The predicted molar refractivity (Wildman–Crippen MR) is 128 cm³/mol. The Morgan fingerprint density at radius 2 is 2.09 bits per heavy atom. The van der Waals surface area contributed by atoms with Gasteiger partial charge in [0.05, 0.1) is 18.8 Å². The maximum absolute atomic E-state index is 13.4. The molecule has 7 nitrogen and oxygen atoms in total. The molecule has 3 aromatic rings. The minimum absolute atomic E-state index is 0.0521. The Balaban J connectivity index is 1.50. The van der Waals surface area contributed by atoms with Crippen LogP contribution in [0.5, 0.6) is 5.75 Å². The summed E-state index contributed by atoms with van der Waals surface area (Å²) in [5.74, 6) is 1.18. The lowest BCUT2D eigenvalue weighted by Gasteiger charge is -2.37. The van der Waals surface area contributed by atoms with Crippen LogP contribution in [0, 0.1) is 0 Å². The Kier molecular flexibility index (Phi) is 7.57. The van der Waals surface area contributed by atoms with Crippen LogP contribution in [-0.4, -0.2) is 48.0 Å². The van der Waals surface area contributed by atoms with Crippen molar-refractivity contribution in [1.29, 1.82) is 0 Å². The number of amides is 3. The SMILES string of the molecule is CCNC(=O)N(CC(=O)N1CCc2sccc2C1COc1ccc(Cl)cc1)Cc1ccco1. The van der Waals surface area contributed by atoms with Gasteiger partial charge in [-0.1, -0.05) is 11.6 Å². The second-order valence-corrected chi connectivity index (χ2v) is 9.12. The van der Waals surface area contributed by atoms with Gasteiger partial charge in [0.1, 0.15) is 24.7 Å². The number of ether oxygens (including phenoxy) is 1. The minimum Gasteiger partial charge on any atom is -0.491 e. The van der Waals surface area contributed by atoms with E-state index in [2.05, 4.69) is 11.4 Å². The van der Waals surface area contributed by atoms with Gasteiger partial charge in [0, 0.05) is 23.0 Å². The van der Waals surface area contributed by atoms with E-state index in [0.717, 1.165) is 12.0 Å². The number of hydrogen-bond acceptors (Lipinski definition) is 5. The van der Waals surface area contributed by atoms with Gasteiger partial charge in [0.15, 0.2) is 0 Å². The van der Waals surface area contributed by atoms with Crippen LogP contribution < -0.4 is 10.1 Å². The lowest BCUT2D eigenvalue weighted by atomic mass is 10.0. The first-order chi connectivity index (χ1) is 16.0. The summed E-state index contributed by atoms with van der Waals surface area (Å²) in [5.41, 5.74) is 1.10. The molecule has 0 saturated heterocycles. The summed E-state index contributed by atoms with van der Waals surface area (Å²) < 4.78 is 11.4. The molecular weight excluding hydrogens is 462 g/mol. The molecule has 0 saturated carbocycles. The molecule has 174 valence electrons. The van der Waals surface area contributed by atoms with Gasteiger partial charge in [-0.15, -0.1) is 11.3 Å².